The molecule has 0 aliphatic heterocycles. The molecule has 2 aromatic rings. The minimum Gasteiger partial charge on any atom is -0.325 e. The Balaban J connectivity index is 2.17. The van der Waals surface area contributed by atoms with Gasteiger partial charge in [0.05, 0.1) is 0 Å². The Labute approximate surface area is 149 Å². The van der Waals surface area contributed by atoms with Crippen LogP contribution in [0.15, 0.2) is 36.4 Å². The Morgan fingerprint density at radius 3 is 1.84 bits per heavy atom. The van der Waals surface area contributed by atoms with Crippen LogP contribution in [0.5, 0.6) is 0 Å². The molecule has 0 aromatic heterocycles. The quantitative estimate of drug-likeness (QED) is 0.805. The summed E-state index contributed by atoms with van der Waals surface area (Å²) >= 11 is 0. The van der Waals surface area contributed by atoms with Crippen molar-refractivity contribution in [3.05, 3.63) is 58.7 Å². The smallest absolute Gasteiger partial charge is 0.239 e. The largest absolute Gasteiger partial charge is 0.325 e. The number of carbonyl (C=O) groups is 2. The van der Waals surface area contributed by atoms with Gasteiger partial charge >= 0.3 is 0 Å². The number of aryl methyl sites for hydroxylation is 4. The van der Waals surface area contributed by atoms with E-state index in [9.17, 15) is 9.59 Å². The Morgan fingerprint density at radius 2 is 1.24 bits per heavy atom. The van der Waals surface area contributed by atoms with E-state index < -0.39 is 5.41 Å². The van der Waals surface area contributed by atoms with Gasteiger partial charge in [0.25, 0.3) is 0 Å². The zero-order chi connectivity index (χ0) is 18.8. The summed E-state index contributed by atoms with van der Waals surface area (Å²) in [7, 11) is 0. The molecule has 4 nitrogen and oxygen atoms in total. The van der Waals surface area contributed by atoms with Gasteiger partial charge in [0, 0.05) is 11.4 Å². The lowest BCUT2D eigenvalue weighted by molar-refractivity contribution is -0.135. The van der Waals surface area contributed by atoms with E-state index in [1.54, 1.807) is 13.8 Å². The maximum atomic E-state index is 12.7. The zero-order valence-electron chi connectivity index (χ0n) is 15.8. The van der Waals surface area contributed by atoms with Gasteiger partial charge in [-0.3, -0.25) is 9.59 Å². The summed E-state index contributed by atoms with van der Waals surface area (Å²) in [4.78, 5) is 25.4. The molecule has 0 radical (unpaired) electrons. The second kappa shape index (κ2) is 7.09. The predicted octanol–water partition coefficient (Wildman–Crippen LogP) is 4.52. The molecule has 0 aliphatic rings. The van der Waals surface area contributed by atoms with Crippen molar-refractivity contribution in [1.82, 2.24) is 0 Å². The van der Waals surface area contributed by atoms with E-state index in [4.69, 9.17) is 0 Å². The van der Waals surface area contributed by atoms with Gasteiger partial charge in [-0.2, -0.15) is 0 Å². The first-order valence-corrected chi connectivity index (χ1v) is 8.38. The lowest BCUT2D eigenvalue weighted by Gasteiger charge is -2.24. The van der Waals surface area contributed by atoms with Crippen molar-refractivity contribution in [2.45, 2.75) is 41.5 Å². The second-order valence-electron chi connectivity index (χ2n) is 7.17. The summed E-state index contributed by atoms with van der Waals surface area (Å²) in [5.41, 5.74) is 4.37. The van der Waals surface area contributed by atoms with E-state index in [1.807, 2.05) is 64.1 Å². The lowest BCUT2D eigenvalue weighted by atomic mass is 9.90. The van der Waals surface area contributed by atoms with Gasteiger partial charge in [-0.1, -0.05) is 29.8 Å². The van der Waals surface area contributed by atoms with E-state index in [0.717, 1.165) is 33.6 Å². The lowest BCUT2D eigenvalue weighted by Crippen LogP contribution is -2.41. The van der Waals surface area contributed by atoms with E-state index in [-0.39, 0.29) is 11.8 Å². The molecule has 0 unspecified atom stereocenters. The third-order valence-corrected chi connectivity index (χ3v) is 4.41. The molecule has 2 N–H and O–H groups in total. The number of nitrogens with one attached hydrogen (secondary N) is 2. The predicted molar refractivity (Wildman–Crippen MR) is 103 cm³/mol. The maximum absolute atomic E-state index is 12.7. The molecule has 0 saturated carbocycles. The zero-order valence-corrected chi connectivity index (χ0v) is 15.8. The highest BCUT2D eigenvalue weighted by atomic mass is 16.2. The third kappa shape index (κ3) is 4.27. The van der Waals surface area contributed by atoms with Gasteiger partial charge in [0.2, 0.25) is 11.8 Å². The molecule has 0 bridgehead atoms. The van der Waals surface area contributed by atoms with Crippen molar-refractivity contribution < 1.29 is 9.59 Å². The summed E-state index contributed by atoms with van der Waals surface area (Å²) in [6.07, 6.45) is 0. The Morgan fingerprint density at radius 1 is 0.720 bits per heavy atom. The second-order valence-corrected chi connectivity index (χ2v) is 7.17. The van der Waals surface area contributed by atoms with Crippen LogP contribution in [0.1, 0.15) is 36.1 Å². The van der Waals surface area contributed by atoms with Gasteiger partial charge in [0.1, 0.15) is 5.41 Å². The SMILES string of the molecule is Cc1ccc(NC(=O)C(C)(C)C(=O)Nc2cc(C)ccc2C)c(C)c1. The summed E-state index contributed by atoms with van der Waals surface area (Å²) in [5, 5.41) is 5.75. The molecule has 2 aromatic carbocycles. The summed E-state index contributed by atoms with van der Waals surface area (Å²) < 4.78 is 0. The fourth-order valence-electron chi connectivity index (χ4n) is 2.48. The highest BCUT2D eigenvalue weighted by Crippen LogP contribution is 2.25. The van der Waals surface area contributed by atoms with Crippen molar-refractivity contribution in [1.29, 1.82) is 0 Å². The molecule has 0 fully saturated rings. The van der Waals surface area contributed by atoms with Crippen molar-refractivity contribution in [2.24, 2.45) is 5.41 Å². The highest BCUT2D eigenvalue weighted by Gasteiger charge is 2.36. The van der Waals surface area contributed by atoms with E-state index >= 15 is 0 Å². The van der Waals surface area contributed by atoms with Crippen LogP contribution in [0.25, 0.3) is 0 Å². The van der Waals surface area contributed by atoms with Crippen LogP contribution in [-0.4, -0.2) is 11.8 Å². The monoisotopic (exact) mass is 338 g/mol. The van der Waals surface area contributed by atoms with E-state index in [0.29, 0.717) is 0 Å². The maximum Gasteiger partial charge on any atom is 0.239 e. The molecule has 0 atom stereocenters. The number of hydrogen-bond donors (Lipinski definition) is 2. The molecule has 4 heteroatoms. The van der Waals surface area contributed by atoms with Crippen molar-refractivity contribution in [2.75, 3.05) is 10.6 Å². The standard InChI is InChI=1S/C21H26N2O2/c1-13-8-10-17(16(4)11-13)22-19(24)21(5,6)20(25)23-18-12-14(2)7-9-15(18)3/h7-12H,1-6H3,(H,22,24)(H,23,25). The summed E-state index contributed by atoms with van der Waals surface area (Å²) in [6, 6.07) is 11.6. The minimum atomic E-state index is -1.20. The number of benzene rings is 2. The van der Waals surface area contributed by atoms with Crippen LogP contribution < -0.4 is 10.6 Å². The molecule has 0 aliphatic carbocycles. The number of carbonyl (C=O) groups excluding carboxylic acids is 2. The van der Waals surface area contributed by atoms with Crippen LogP contribution in [0.2, 0.25) is 0 Å². The average molecular weight is 338 g/mol. The number of rotatable bonds is 4. The first-order valence-electron chi connectivity index (χ1n) is 8.38. The molecule has 25 heavy (non-hydrogen) atoms. The average Bonchev–Trinajstić information content (AvgIpc) is 2.53. The number of amides is 2. The molecule has 0 saturated heterocycles. The van der Waals surface area contributed by atoms with E-state index in [2.05, 4.69) is 10.6 Å². The van der Waals surface area contributed by atoms with Crippen LogP contribution >= 0.6 is 0 Å². The number of hydrogen-bond acceptors (Lipinski definition) is 2. The van der Waals surface area contributed by atoms with Crippen LogP contribution in [0.3, 0.4) is 0 Å². The molecule has 0 spiro atoms. The molecular weight excluding hydrogens is 312 g/mol. The third-order valence-electron chi connectivity index (χ3n) is 4.41. The molecule has 132 valence electrons. The molecule has 2 rings (SSSR count). The van der Waals surface area contributed by atoms with Crippen LogP contribution in [0.4, 0.5) is 11.4 Å². The van der Waals surface area contributed by atoms with Gasteiger partial charge in [-0.25, -0.2) is 0 Å². The van der Waals surface area contributed by atoms with E-state index in [1.165, 1.54) is 0 Å². The normalized spacial score (nSPS) is 11.1. The summed E-state index contributed by atoms with van der Waals surface area (Å²) in [5.74, 6) is -0.661. The fourth-order valence-corrected chi connectivity index (χ4v) is 2.48. The Kier molecular flexibility index (Phi) is 5.31. The molecular formula is C21H26N2O2. The first-order chi connectivity index (χ1) is 11.6. The number of anilines is 2. The fraction of sp³-hybridized carbons (Fsp3) is 0.333. The Hall–Kier alpha value is -2.62. The van der Waals surface area contributed by atoms with Gasteiger partial charge in [0.15, 0.2) is 0 Å². The van der Waals surface area contributed by atoms with Gasteiger partial charge in [-0.15, -0.1) is 0 Å². The van der Waals surface area contributed by atoms with Crippen molar-refractivity contribution in [3.63, 3.8) is 0 Å². The topological polar surface area (TPSA) is 58.2 Å². The van der Waals surface area contributed by atoms with Crippen LogP contribution in [-0.2, 0) is 9.59 Å². The Bertz CT molecular complexity index is 823. The first kappa shape index (κ1) is 18.7. The molecule has 0 heterocycles. The minimum absolute atomic E-state index is 0.330. The molecule has 2 amide bonds. The van der Waals surface area contributed by atoms with Crippen LogP contribution in [0, 0.1) is 33.1 Å². The highest BCUT2D eigenvalue weighted by molar-refractivity contribution is 6.14. The summed E-state index contributed by atoms with van der Waals surface area (Å²) in [6.45, 7) is 11.1. The van der Waals surface area contributed by atoms with Crippen molar-refractivity contribution in [3.8, 4) is 0 Å². The van der Waals surface area contributed by atoms with Crippen molar-refractivity contribution >= 4 is 23.2 Å². The van der Waals surface area contributed by atoms with Gasteiger partial charge < -0.3 is 10.6 Å². The van der Waals surface area contributed by atoms with Gasteiger partial charge in [-0.05, 0) is 70.4 Å².